The largest absolute Gasteiger partial charge is 0.346 e. The van der Waals surface area contributed by atoms with E-state index in [1.807, 2.05) is 0 Å². The van der Waals surface area contributed by atoms with Crippen LogP contribution in [-0.4, -0.2) is 46.7 Å². The maximum atomic E-state index is 12.9. The van der Waals surface area contributed by atoms with Crippen molar-refractivity contribution in [3.05, 3.63) is 5.01 Å². The SMILES string of the molecule is CCc1nnc(N2CC[C@]3(CCCN(C(C)C)C3=O)C2)s1. The van der Waals surface area contributed by atoms with Crippen LogP contribution in [0.2, 0.25) is 0 Å². The van der Waals surface area contributed by atoms with Gasteiger partial charge in [0.25, 0.3) is 0 Å². The first-order valence-corrected chi connectivity index (χ1v) is 8.76. The standard InChI is InChI=1S/C15H24N4OS/c1-4-12-16-17-14(21-12)18-9-7-15(10-18)6-5-8-19(11(2)3)13(15)20/h11H,4-10H2,1-3H3/t15-/m1/s1. The molecule has 0 bridgehead atoms. The number of piperidine rings is 1. The van der Waals surface area contributed by atoms with Gasteiger partial charge in [-0.15, -0.1) is 10.2 Å². The molecule has 2 aliphatic rings. The van der Waals surface area contributed by atoms with E-state index in [-0.39, 0.29) is 5.41 Å². The van der Waals surface area contributed by atoms with Crippen molar-refractivity contribution in [2.24, 2.45) is 5.41 Å². The van der Waals surface area contributed by atoms with Crippen LogP contribution >= 0.6 is 11.3 Å². The van der Waals surface area contributed by atoms with Gasteiger partial charge in [-0.1, -0.05) is 18.3 Å². The molecule has 3 rings (SSSR count). The lowest BCUT2D eigenvalue weighted by atomic mass is 9.78. The Balaban J connectivity index is 1.77. The van der Waals surface area contributed by atoms with E-state index in [1.165, 1.54) is 0 Å². The molecule has 1 aromatic heterocycles. The van der Waals surface area contributed by atoms with E-state index in [4.69, 9.17) is 0 Å². The van der Waals surface area contributed by atoms with Gasteiger partial charge in [0.1, 0.15) is 5.01 Å². The van der Waals surface area contributed by atoms with Gasteiger partial charge in [0.15, 0.2) is 0 Å². The Labute approximate surface area is 130 Å². The fourth-order valence-electron chi connectivity index (χ4n) is 3.52. The first-order valence-electron chi connectivity index (χ1n) is 7.94. The van der Waals surface area contributed by atoms with E-state index < -0.39 is 0 Å². The van der Waals surface area contributed by atoms with Crippen LogP contribution in [0, 0.1) is 5.41 Å². The zero-order chi connectivity index (χ0) is 15.0. The zero-order valence-corrected chi connectivity index (χ0v) is 13.9. The number of amides is 1. The number of hydrogen-bond donors (Lipinski definition) is 0. The van der Waals surface area contributed by atoms with Gasteiger partial charge in [0.2, 0.25) is 11.0 Å². The van der Waals surface area contributed by atoms with Gasteiger partial charge in [-0.2, -0.15) is 0 Å². The highest BCUT2D eigenvalue weighted by atomic mass is 32.1. The molecule has 1 atom stereocenters. The second-order valence-electron chi connectivity index (χ2n) is 6.48. The second-order valence-corrected chi connectivity index (χ2v) is 7.52. The normalized spacial score (nSPS) is 26.4. The summed E-state index contributed by atoms with van der Waals surface area (Å²) in [4.78, 5) is 17.2. The van der Waals surface area contributed by atoms with Gasteiger partial charge in [0.05, 0.1) is 5.41 Å². The van der Waals surface area contributed by atoms with Gasteiger partial charge in [-0.05, 0) is 39.5 Å². The van der Waals surface area contributed by atoms with Gasteiger partial charge in [0, 0.05) is 25.7 Å². The van der Waals surface area contributed by atoms with Gasteiger partial charge in [-0.25, -0.2) is 0 Å². The van der Waals surface area contributed by atoms with Gasteiger partial charge < -0.3 is 9.80 Å². The maximum Gasteiger partial charge on any atom is 0.230 e. The quantitative estimate of drug-likeness (QED) is 0.860. The molecule has 0 unspecified atom stereocenters. The Morgan fingerprint density at radius 2 is 2.10 bits per heavy atom. The Morgan fingerprint density at radius 1 is 1.29 bits per heavy atom. The van der Waals surface area contributed by atoms with Crippen molar-refractivity contribution in [3.8, 4) is 0 Å². The molecule has 1 spiro atoms. The third-order valence-electron chi connectivity index (χ3n) is 4.78. The van der Waals surface area contributed by atoms with Gasteiger partial charge >= 0.3 is 0 Å². The Morgan fingerprint density at radius 3 is 2.76 bits per heavy atom. The second kappa shape index (κ2) is 5.55. The summed E-state index contributed by atoms with van der Waals surface area (Å²) in [6.45, 7) is 8.98. The molecule has 2 aliphatic heterocycles. The van der Waals surface area contributed by atoms with E-state index >= 15 is 0 Å². The van der Waals surface area contributed by atoms with Crippen LogP contribution in [0.1, 0.15) is 45.0 Å². The highest BCUT2D eigenvalue weighted by molar-refractivity contribution is 7.15. The number of likely N-dealkylation sites (tertiary alicyclic amines) is 1. The van der Waals surface area contributed by atoms with Gasteiger partial charge in [-0.3, -0.25) is 4.79 Å². The van der Waals surface area contributed by atoms with Crippen molar-refractivity contribution in [1.29, 1.82) is 0 Å². The lowest BCUT2D eigenvalue weighted by Gasteiger charge is -2.41. The van der Waals surface area contributed by atoms with Crippen LogP contribution in [0.25, 0.3) is 0 Å². The summed E-state index contributed by atoms with van der Waals surface area (Å²) in [5, 5.41) is 10.6. The molecule has 0 radical (unpaired) electrons. The molecule has 21 heavy (non-hydrogen) atoms. The topological polar surface area (TPSA) is 49.3 Å². The molecule has 116 valence electrons. The number of aryl methyl sites for hydroxylation is 1. The molecule has 1 aromatic rings. The van der Waals surface area contributed by atoms with E-state index in [0.29, 0.717) is 11.9 Å². The molecule has 0 aliphatic carbocycles. The van der Waals surface area contributed by atoms with Crippen molar-refractivity contribution in [3.63, 3.8) is 0 Å². The lowest BCUT2D eigenvalue weighted by molar-refractivity contribution is -0.147. The predicted molar refractivity (Wildman–Crippen MR) is 84.6 cm³/mol. The molecule has 0 N–H and O–H groups in total. The third kappa shape index (κ3) is 2.54. The smallest absolute Gasteiger partial charge is 0.230 e. The maximum absolute atomic E-state index is 12.9. The van der Waals surface area contributed by atoms with Crippen LogP contribution in [0.4, 0.5) is 5.13 Å². The lowest BCUT2D eigenvalue weighted by Crippen LogP contribution is -2.52. The summed E-state index contributed by atoms with van der Waals surface area (Å²) < 4.78 is 0. The van der Waals surface area contributed by atoms with Crippen molar-refractivity contribution >= 4 is 22.4 Å². The van der Waals surface area contributed by atoms with Crippen LogP contribution in [-0.2, 0) is 11.2 Å². The van der Waals surface area contributed by atoms with Crippen molar-refractivity contribution in [1.82, 2.24) is 15.1 Å². The molecule has 0 aromatic carbocycles. The summed E-state index contributed by atoms with van der Waals surface area (Å²) in [5.41, 5.74) is -0.180. The summed E-state index contributed by atoms with van der Waals surface area (Å²) in [6.07, 6.45) is 4.02. The monoisotopic (exact) mass is 308 g/mol. The third-order valence-corrected chi connectivity index (χ3v) is 5.90. The Bertz CT molecular complexity index is 529. The number of carbonyl (C=O) groups is 1. The summed E-state index contributed by atoms with van der Waals surface area (Å²) in [5.74, 6) is 0.353. The molecule has 2 saturated heterocycles. The fourth-order valence-corrected chi connectivity index (χ4v) is 4.33. The van der Waals surface area contributed by atoms with Crippen LogP contribution in [0.15, 0.2) is 0 Å². The van der Waals surface area contributed by atoms with Crippen molar-refractivity contribution in [2.45, 2.75) is 52.5 Å². The number of hydrogen-bond acceptors (Lipinski definition) is 5. The number of nitrogens with zero attached hydrogens (tertiary/aromatic N) is 4. The first kappa shape index (κ1) is 14.8. The average molecular weight is 308 g/mol. The van der Waals surface area contributed by atoms with Crippen LogP contribution in [0.5, 0.6) is 0 Å². The minimum absolute atomic E-state index is 0.180. The Hall–Kier alpha value is -1.17. The minimum atomic E-state index is -0.180. The number of aromatic nitrogens is 2. The number of carbonyl (C=O) groups excluding carboxylic acids is 1. The number of rotatable bonds is 3. The molecule has 3 heterocycles. The van der Waals surface area contributed by atoms with Crippen molar-refractivity contribution in [2.75, 3.05) is 24.5 Å². The molecule has 6 heteroatoms. The Kier molecular flexibility index (Phi) is 3.90. The summed E-state index contributed by atoms with van der Waals surface area (Å²) in [6, 6.07) is 0.303. The highest BCUT2D eigenvalue weighted by Crippen LogP contribution is 2.42. The molecule has 5 nitrogen and oxygen atoms in total. The molecular formula is C15H24N4OS. The molecule has 2 fully saturated rings. The molecular weight excluding hydrogens is 284 g/mol. The van der Waals surface area contributed by atoms with E-state index in [1.54, 1.807) is 11.3 Å². The predicted octanol–water partition coefficient (Wildman–Crippen LogP) is 2.33. The van der Waals surface area contributed by atoms with E-state index in [0.717, 1.165) is 55.5 Å². The number of anilines is 1. The van der Waals surface area contributed by atoms with E-state index in [2.05, 4.69) is 40.8 Å². The minimum Gasteiger partial charge on any atom is -0.346 e. The summed E-state index contributed by atoms with van der Waals surface area (Å²) in [7, 11) is 0. The fraction of sp³-hybridized carbons (Fsp3) is 0.800. The van der Waals surface area contributed by atoms with Crippen molar-refractivity contribution < 1.29 is 4.79 Å². The molecule has 0 saturated carbocycles. The highest BCUT2D eigenvalue weighted by Gasteiger charge is 2.49. The van der Waals surface area contributed by atoms with Crippen LogP contribution in [0.3, 0.4) is 0 Å². The summed E-state index contributed by atoms with van der Waals surface area (Å²) >= 11 is 1.66. The average Bonchev–Trinajstić information content (AvgIpc) is 3.09. The zero-order valence-electron chi connectivity index (χ0n) is 13.1. The van der Waals surface area contributed by atoms with Crippen LogP contribution < -0.4 is 4.90 Å². The first-order chi connectivity index (χ1) is 10.1. The van der Waals surface area contributed by atoms with E-state index in [9.17, 15) is 4.79 Å². The molecule has 1 amide bonds.